The van der Waals surface area contributed by atoms with Crippen molar-refractivity contribution in [3.63, 3.8) is 0 Å². The fraction of sp³-hybridized carbons (Fsp3) is 0.385. The second kappa shape index (κ2) is 2.73. The van der Waals surface area contributed by atoms with Crippen molar-refractivity contribution in [2.24, 2.45) is 5.41 Å². The van der Waals surface area contributed by atoms with Gasteiger partial charge in [-0.25, -0.2) is 0 Å². The predicted molar refractivity (Wildman–Crippen MR) is 57.5 cm³/mol. The molecule has 0 radical (unpaired) electrons. The van der Waals surface area contributed by atoms with Gasteiger partial charge in [-0.15, -0.1) is 0 Å². The first-order valence-electron chi connectivity index (χ1n) is 4.87. The molecule has 0 aliphatic heterocycles. The van der Waals surface area contributed by atoms with Gasteiger partial charge in [0.15, 0.2) is 0 Å². The summed E-state index contributed by atoms with van der Waals surface area (Å²) in [6.07, 6.45) is 12.6. The summed E-state index contributed by atoms with van der Waals surface area (Å²) in [5.41, 5.74) is 4.48. The molecule has 2 rings (SSSR count). The first kappa shape index (κ1) is 8.55. The van der Waals surface area contributed by atoms with Gasteiger partial charge in [-0.3, -0.25) is 0 Å². The van der Waals surface area contributed by atoms with Gasteiger partial charge >= 0.3 is 0 Å². The Morgan fingerprint density at radius 1 is 1.15 bits per heavy atom. The van der Waals surface area contributed by atoms with Crippen LogP contribution in [-0.4, -0.2) is 0 Å². The van der Waals surface area contributed by atoms with E-state index in [1.807, 2.05) is 0 Å². The van der Waals surface area contributed by atoms with Crippen molar-refractivity contribution in [2.45, 2.75) is 27.2 Å². The average Bonchev–Trinajstić information content (AvgIpc) is 2.08. The third-order valence-corrected chi connectivity index (χ3v) is 2.99. The number of allylic oxidation sites excluding steroid dienone is 8. The molecule has 1 atom stereocenters. The van der Waals surface area contributed by atoms with Gasteiger partial charge in [0, 0.05) is 5.41 Å². The molecular formula is C13H16. The summed E-state index contributed by atoms with van der Waals surface area (Å²) in [7, 11) is 0. The minimum Gasteiger partial charge on any atom is -0.0804 e. The Balaban J connectivity index is 2.46. The van der Waals surface area contributed by atoms with E-state index >= 15 is 0 Å². The normalized spacial score (nSPS) is 31.8. The molecule has 0 amide bonds. The summed E-state index contributed by atoms with van der Waals surface area (Å²) >= 11 is 0. The third kappa shape index (κ3) is 1.41. The van der Waals surface area contributed by atoms with E-state index in [1.54, 1.807) is 0 Å². The highest BCUT2D eigenvalue weighted by molar-refractivity contribution is 5.47. The number of hydrogen-bond acceptors (Lipinski definition) is 0. The van der Waals surface area contributed by atoms with E-state index in [2.05, 4.69) is 51.2 Å². The maximum atomic E-state index is 2.33. The molecule has 0 saturated carbocycles. The standard InChI is InChI=1S/C13H16/c1-10-4-6-13(3)7-5-11(2)9-12(13)8-10/h4-6,8-9H,7H2,1-3H3. The average molecular weight is 172 g/mol. The van der Waals surface area contributed by atoms with Crippen LogP contribution in [0.4, 0.5) is 0 Å². The van der Waals surface area contributed by atoms with Gasteiger partial charge in [0.05, 0.1) is 0 Å². The van der Waals surface area contributed by atoms with Gasteiger partial charge in [0.1, 0.15) is 0 Å². The van der Waals surface area contributed by atoms with Crippen molar-refractivity contribution in [2.75, 3.05) is 0 Å². The Morgan fingerprint density at radius 3 is 2.69 bits per heavy atom. The van der Waals surface area contributed by atoms with Gasteiger partial charge in [-0.05, 0) is 25.8 Å². The lowest BCUT2D eigenvalue weighted by atomic mass is 9.72. The molecule has 68 valence electrons. The van der Waals surface area contributed by atoms with Gasteiger partial charge in [-0.2, -0.15) is 0 Å². The highest BCUT2D eigenvalue weighted by Gasteiger charge is 2.27. The van der Waals surface area contributed by atoms with Gasteiger partial charge in [-0.1, -0.05) is 48.5 Å². The third-order valence-electron chi connectivity index (χ3n) is 2.99. The molecule has 0 spiro atoms. The minimum absolute atomic E-state index is 0.263. The van der Waals surface area contributed by atoms with Gasteiger partial charge < -0.3 is 0 Å². The minimum atomic E-state index is 0.263. The zero-order chi connectivity index (χ0) is 9.47. The molecule has 0 bridgehead atoms. The van der Waals surface area contributed by atoms with E-state index in [-0.39, 0.29) is 5.41 Å². The monoisotopic (exact) mass is 172 g/mol. The summed E-state index contributed by atoms with van der Waals surface area (Å²) in [6.45, 7) is 6.64. The Hall–Kier alpha value is -1.04. The molecule has 0 heterocycles. The Morgan fingerprint density at radius 2 is 1.92 bits per heavy atom. The molecule has 0 aromatic carbocycles. The van der Waals surface area contributed by atoms with Crippen LogP contribution in [0, 0.1) is 5.41 Å². The van der Waals surface area contributed by atoms with Crippen LogP contribution in [0.25, 0.3) is 0 Å². The molecule has 0 aromatic heterocycles. The number of rotatable bonds is 0. The molecule has 0 N–H and O–H groups in total. The molecule has 0 aromatic rings. The zero-order valence-electron chi connectivity index (χ0n) is 8.59. The van der Waals surface area contributed by atoms with Gasteiger partial charge in [0.25, 0.3) is 0 Å². The fourth-order valence-electron chi connectivity index (χ4n) is 1.94. The SMILES string of the molecule is CC1=CCC2(C)C=CC(C)=CC2=C1. The molecule has 0 nitrogen and oxygen atoms in total. The highest BCUT2D eigenvalue weighted by atomic mass is 14.3. The summed E-state index contributed by atoms with van der Waals surface area (Å²) < 4.78 is 0. The highest BCUT2D eigenvalue weighted by Crippen LogP contribution is 2.41. The molecular weight excluding hydrogens is 156 g/mol. The van der Waals surface area contributed by atoms with Crippen LogP contribution in [0.1, 0.15) is 27.2 Å². The molecule has 0 fully saturated rings. The Labute approximate surface area is 80.3 Å². The number of hydrogen-bond donors (Lipinski definition) is 0. The van der Waals surface area contributed by atoms with E-state index in [0.29, 0.717) is 0 Å². The van der Waals surface area contributed by atoms with E-state index in [4.69, 9.17) is 0 Å². The van der Waals surface area contributed by atoms with Crippen LogP contribution in [0.3, 0.4) is 0 Å². The zero-order valence-corrected chi connectivity index (χ0v) is 8.59. The van der Waals surface area contributed by atoms with E-state index in [1.165, 1.54) is 16.7 Å². The van der Waals surface area contributed by atoms with Crippen molar-refractivity contribution < 1.29 is 0 Å². The Bertz CT molecular complexity index is 350. The van der Waals surface area contributed by atoms with E-state index < -0.39 is 0 Å². The van der Waals surface area contributed by atoms with Crippen molar-refractivity contribution in [3.8, 4) is 0 Å². The molecule has 0 saturated heterocycles. The van der Waals surface area contributed by atoms with Crippen LogP contribution < -0.4 is 0 Å². The quantitative estimate of drug-likeness (QED) is 0.521. The topological polar surface area (TPSA) is 0 Å². The Kier molecular flexibility index (Phi) is 1.80. The maximum absolute atomic E-state index is 2.33. The largest absolute Gasteiger partial charge is 0.0804 e. The molecule has 2 aliphatic rings. The fourth-order valence-corrected chi connectivity index (χ4v) is 1.94. The van der Waals surface area contributed by atoms with Crippen LogP contribution in [0.5, 0.6) is 0 Å². The number of fused-ring (bicyclic) bond motifs is 1. The molecule has 13 heavy (non-hydrogen) atoms. The summed E-state index contributed by atoms with van der Waals surface area (Å²) in [5.74, 6) is 0. The van der Waals surface area contributed by atoms with Gasteiger partial charge in [0.2, 0.25) is 0 Å². The second-order valence-electron chi connectivity index (χ2n) is 4.39. The molecule has 2 aliphatic carbocycles. The summed E-state index contributed by atoms with van der Waals surface area (Å²) in [4.78, 5) is 0. The smallest absolute Gasteiger partial charge is 0.0142 e. The van der Waals surface area contributed by atoms with Crippen molar-refractivity contribution >= 4 is 0 Å². The lowest BCUT2D eigenvalue weighted by Crippen LogP contribution is -2.19. The van der Waals surface area contributed by atoms with E-state index in [0.717, 1.165) is 6.42 Å². The van der Waals surface area contributed by atoms with Crippen LogP contribution in [0.2, 0.25) is 0 Å². The van der Waals surface area contributed by atoms with Crippen LogP contribution in [-0.2, 0) is 0 Å². The molecule has 1 unspecified atom stereocenters. The van der Waals surface area contributed by atoms with Crippen LogP contribution >= 0.6 is 0 Å². The van der Waals surface area contributed by atoms with Crippen molar-refractivity contribution in [1.29, 1.82) is 0 Å². The van der Waals surface area contributed by atoms with E-state index in [9.17, 15) is 0 Å². The van der Waals surface area contributed by atoms with Crippen molar-refractivity contribution in [3.05, 3.63) is 47.1 Å². The first-order chi connectivity index (χ1) is 6.10. The van der Waals surface area contributed by atoms with Crippen LogP contribution in [0.15, 0.2) is 47.1 Å². The molecule has 0 heteroatoms. The summed E-state index contributed by atoms with van der Waals surface area (Å²) in [5, 5.41) is 0. The second-order valence-corrected chi connectivity index (χ2v) is 4.39. The lowest BCUT2D eigenvalue weighted by Gasteiger charge is -2.32. The maximum Gasteiger partial charge on any atom is 0.0142 e. The summed E-state index contributed by atoms with van der Waals surface area (Å²) in [6, 6.07) is 0. The van der Waals surface area contributed by atoms with Crippen molar-refractivity contribution in [1.82, 2.24) is 0 Å². The lowest BCUT2D eigenvalue weighted by molar-refractivity contribution is 0.522. The first-order valence-corrected chi connectivity index (χ1v) is 4.87. The predicted octanol–water partition coefficient (Wildman–Crippen LogP) is 3.79.